The Morgan fingerprint density at radius 3 is 2.50 bits per heavy atom. The number of nitrogens with two attached hydrogens (primary N) is 1. The average Bonchev–Trinajstić information content (AvgIpc) is 2.62. The lowest BCUT2D eigenvalue weighted by Crippen LogP contribution is -2.25. The molecule has 2 rings (SSSR count). The second-order valence-corrected chi connectivity index (χ2v) is 4.55. The van der Waals surface area contributed by atoms with Gasteiger partial charge in [0, 0.05) is 5.22 Å². The summed E-state index contributed by atoms with van der Waals surface area (Å²) in [6, 6.07) is 0. The molecule has 2 N–H and O–H groups in total. The Morgan fingerprint density at radius 1 is 1.28 bits per heavy atom. The lowest BCUT2D eigenvalue weighted by atomic mass is 10.0. The van der Waals surface area contributed by atoms with E-state index in [2.05, 4.69) is 30.7 Å². The quantitative estimate of drug-likeness (QED) is 0.595. The first-order valence-electron chi connectivity index (χ1n) is 5.91. The Labute approximate surface area is 105 Å². The van der Waals surface area contributed by atoms with Crippen molar-refractivity contribution in [3.05, 3.63) is 28.5 Å². The van der Waals surface area contributed by atoms with Gasteiger partial charge in [-0.15, -0.1) is 0 Å². The molecule has 1 heterocycles. The molecule has 0 radical (unpaired) electrons. The second kappa shape index (κ2) is 4.72. The smallest absolute Gasteiger partial charge is 0.376 e. The van der Waals surface area contributed by atoms with Crippen LogP contribution in [0.1, 0.15) is 24.4 Å². The van der Waals surface area contributed by atoms with Crippen molar-refractivity contribution in [1.82, 2.24) is 0 Å². The van der Waals surface area contributed by atoms with Crippen LogP contribution in [-0.4, -0.2) is 13.1 Å². The number of anilines is 1. The van der Waals surface area contributed by atoms with E-state index < -0.39 is 5.97 Å². The summed E-state index contributed by atoms with van der Waals surface area (Å²) in [4.78, 5) is 11.5. The summed E-state index contributed by atoms with van der Waals surface area (Å²) in [5.41, 5.74) is 6.94. The van der Waals surface area contributed by atoms with Gasteiger partial charge in [0.05, 0.1) is 12.8 Å². The summed E-state index contributed by atoms with van der Waals surface area (Å²) >= 11 is 0. The van der Waals surface area contributed by atoms with Gasteiger partial charge in [-0.2, -0.15) is 0 Å². The Morgan fingerprint density at radius 2 is 1.89 bits per heavy atom. The van der Waals surface area contributed by atoms with Crippen LogP contribution in [0.5, 0.6) is 0 Å². The molecular weight excluding hydrogens is 230 g/mol. The highest BCUT2D eigenvalue weighted by Crippen LogP contribution is 2.11. The average molecular weight is 247 g/mol. The van der Waals surface area contributed by atoms with Crippen molar-refractivity contribution < 1.29 is 13.9 Å². The van der Waals surface area contributed by atoms with E-state index in [4.69, 9.17) is 10.2 Å². The van der Waals surface area contributed by atoms with Crippen molar-refractivity contribution in [2.45, 2.75) is 13.8 Å². The fourth-order valence-electron chi connectivity index (χ4n) is 1.98. The van der Waals surface area contributed by atoms with E-state index in [0.717, 1.165) is 5.22 Å². The molecule has 1 aromatic rings. The fraction of sp³-hybridized carbons (Fsp3) is 0.357. The van der Waals surface area contributed by atoms with Crippen LogP contribution in [0.3, 0.4) is 0 Å². The minimum absolute atomic E-state index is 0.0799. The van der Waals surface area contributed by atoms with E-state index in [1.807, 2.05) is 12.2 Å². The number of fused-ring (bicyclic) bond motifs is 1. The number of ether oxygens (including phenoxy) is 1. The Balaban J connectivity index is 2.71. The van der Waals surface area contributed by atoms with Crippen LogP contribution in [0.25, 0.3) is 12.2 Å². The molecule has 1 aromatic heterocycles. The summed E-state index contributed by atoms with van der Waals surface area (Å²) in [7, 11) is 1.31. The molecule has 4 heteroatoms. The van der Waals surface area contributed by atoms with Crippen LogP contribution in [-0.2, 0) is 4.74 Å². The van der Waals surface area contributed by atoms with Crippen molar-refractivity contribution >= 4 is 23.8 Å². The first-order chi connectivity index (χ1) is 8.52. The molecule has 1 aliphatic carbocycles. The number of esters is 1. The Kier molecular flexibility index (Phi) is 3.28. The first-order valence-corrected chi connectivity index (χ1v) is 5.91. The van der Waals surface area contributed by atoms with Crippen molar-refractivity contribution in [1.29, 1.82) is 0 Å². The Bertz CT molecular complexity index is 610. The number of methoxy groups -OCH3 is 1. The van der Waals surface area contributed by atoms with Gasteiger partial charge in [0.1, 0.15) is 5.42 Å². The van der Waals surface area contributed by atoms with E-state index in [1.54, 1.807) is 0 Å². The summed E-state index contributed by atoms with van der Waals surface area (Å²) in [6.07, 6.45) is 8.13. The highest BCUT2D eigenvalue weighted by atomic mass is 16.5. The van der Waals surface area contributed by atoms with E-state index in [9.17, 15) is 4.79 Å². The maximum atomic E-state index is 11.5. The van der Waals surface area contributed by atoms with Gasteiger partial charge < -0.3 is 14.9 Å². The molecule has 0 spiro atoms. The molecule has 1 aliphatic rings. The normalized spacial score (nSPS) is 27.7. The van der Waals surface area contributed by atoms with Crippen molar-refractivity contribution in [2.24, 2.45) is 11.8 Å². The maximum absolute atomic E-state index is 11.5. The zero-order chi connectivity index (χ0) is 13.3. The minimum Gasteiger partial charge on any atom is -0.463 e. The zero-order valence-electron chi connectivity index (χ0n) is 10.8. The van der Waals surface area contributed by atoms with Gasteiger partial charge in [-0.25, -0.2) is 4.79 Å². The summed E-state index contributed by atoms with van der Waals surface area (Å²) in [6.45, 7) is 4.11. The van der Waals surface area contributed by atoms with E-state index in [-0.39, 0.29) is 17.6 Å². The Hall–Kier alpha value is -1.97. The first kappa shape index (κ1) is 12.5. The monoisotopic (exact) mass is 247 g/mol. The fourth-order valence-corrected chi connectivity index (χ4v) is 1.98. The lowest BCUT2D eigenvalue weighted by Gasteiger charge is -2.03. The molecule has 18 heavy (non-hydrogen) atoms. The van der Waals surface area contributed by atoms with Gasteiger partial charge in [-0.1, -0.05) is 32.1 Å². The van der Waals surface area contributed by atoms with Crippen molar-refractivity contribution in [3.63, 3.8) is 0 Å². The number of furan rings is 1. The standard InChI is InChI=1S/C14H17NO3/c1-8-4-5-9(2)7-11-10(6-8)12(15)13(18-11)14(16)17-3/h4-9H,15H2,1-3H3/b5-4-,10-6+,11-7+. The molecule has 0 bridgehead atoms. The van der Waals surface area contributed by atoms with Crippen molar-refractivity contribution in [3.8, 4) is 0 Å². The molecule has 0 aliphatic heterocycles. The third-order valence-electron chi connectivity index (χ3n) is 2.95. The second-order valence-electron chi connectivity index (χ2n) is 4.55. The predicted molar refractivity (Wildman–Crippen MR) is 70.1 cm³/mol. The molecule has 0 amide bonds. The molecule has 0 saturated heterocycles. The number of carbonyl (C=O) groups excluding carboxylic acids is 1. The van der Waals surface area contributed by atoms with Crippen LogP contribution >= 0.6 is 0 Å². The van der Waals surface area contributed by atoms with Crippen LogP contribution in [0.15, 0.2) is 16.6 Å². The summed E-state index contributed by atoms with van der Waals surface area (Å²) in [5, 5.41) is 0.777. The third-order valence-corrected chi connectivity index (χ3v) is 2.95. The number of allylic oxidation sites excluding steroid dienone is 2. The van der Waals surface area contributed by atoms with Gasteiger partial charge in [0.25, 0.3) is 0 Å². The van der Waals surface area contributed by atoms with Gasteiger partial charge in [0.2, 0.25) is 5.76 Å². The van der Waals surface area contributed by atoms with Crippen LogP contribution < -0.4 is 16.4 Å². The predicted octanol–water partition coefficient (Wildman–Crippen LogP) is 1.05. The molecule has 4 nitrogen and oxygen atoms in total. The van der Waals surface area contributed by atoms with Crippen molar-refractivity contribution in [2.75, 3.05) is 12.8 Å². The van der Waals surface area contributed by atoms with Crippen LogP contribution in [0.4, 0.5) is 5.69 Å². The summed E-state index contributed by atoms with van der Waals surface area (Å²) < 4.78 is 10.2. The highest BCUT2D eigenvalue weighted by molar-refractivity contribution is 5.92. The van der Waals surface area contributed by atoms with E-state index >= 15 is 0 Å². The molecule has 0 saturated carbocycles. The number of carbonyl (C=O) groups is 1. The molecule has 0 fully saturated rings. The maximum Gasteiger partial charge on any atom is 0.376 e. The zero-order valence-corrected chi connectivity index (χ0v) is 10.8. The van der Waals surface area contributed by atoms with Crippen LogP contribution in [0, 0.1) is 11.8 Å². The summed E-state index contributed by atoms with van der Waals surface area (Å²) in [5.74, 6) is 0.00635. The SMILES string of the molecule is COC(=O)c1oc2/c(c1N)=C\C(C)/C=C\C(C)\C=2. The molecule has 96 valence electrons. The third kappa shape index (κ3) is 2.18. The van der Waals surface area contributed by atoms with Gasteiger partial charge in [-0.3, -0.25) is 0 Å². The highest BCUT2D eigenvalue weighted by Gasteiger charge is 2.18. The van der Waals surface area contributed by atoms with Gasteiger partial charge in [-0.05, 0) is 17.9 Å². The topological polar surface area (TPSA) is 65.5 Å². The van der Waals surface area contributed by atoms with E-state index in [1.165, 1.54) is 7.11 Å². The van der Waals surface area contributed by atoms with E-state index in [0.29, 0.717) is 11.1 Å². The minimum atomic E-state index is -0.547. The number of rotatable bonds is 1. The van der Waals surface area contributed by atoms with Gasteiger partial charge >= 0.3 is 5.97 Å². The number of nitrogen functional groups attached to an aromatic ring is 1. The number of hydrogen-bond donors (Lipinski definition) is 1. The van der Waals surface area contributed by atoms with Gasteiger partial charge in [0.15, 0.2) is 0 Å². The molecule has 0 aromatic carbocycles. The lowest BCUT2D eigenvalue weighted by molar-refractivity contribution is 0.0565. The number of hydrogen-bond acceptors (Lipinski definition) is 4. The largest absolute Gasteiger partial charge is 0.463 e. The molecule has 2 atom stereocenters. The molecular formula is C14H17NO3. The molecule has 2 unspecified atom stereocenters. The van der Waals surface area contributed by atoms with Crippen LogP contribution in [0.2, 0.25) is 0 Å².